The van der Waals surface area contributed by atoms with Crippen molar-refractivity contribution in [3.05, 3.63) is 36.0 Å². The Morgan fingerprint density at radius 3 is 2.82 bits per heavy atom. The number of piperazine rings is 1. The first kappa shape index (κ1) is 14.6. The van der Waals surface area contributed by atoms with Crippen LogP contribution in [0.4, 0.5) is 19.0 Å². The van der Waals surface area contributed by atoms with Gasteiger partial charge in [-0.15, -0.1) is 0 Å². The predicted octanol–water partition coefficient (Wildman–Crippen LogP) is 2.58. The molecule has 4 nitrogen and oxygen atoms in total. The summed E-state index contributed by atoms with van der Waals surface area (Å²) in [6.07, 6.45) is -2.91. The van der Waals surface area contributed by atoms with E-state index in [2.05, 4.69) is 10.3 Å². The number of benzene rings is 1. The Balaban J connectivity index is 2.09. The van der Waals surface area contributed by atoms with E-state index < -0.39 is 17.8 Å². The minimum Gasteiger partial charge on any atom is -0.353 e. The van der Waals surface area contributed by atoms with Crippen LogP contribution in [0.25, 0.3) is 10.8 Å². The quantitative estimate of drug-likeness (QED) is 0.880. The molecule has 1 aromatic heterocycles. The molecule has 116 valence electrons. The maximum Gasteiger partial charge on any atom is 0.416 e. The highest BCUT2D eigenvalue weighted by Gasteiger charge is 2.31. The van der Waals surface area contributed by atoms with E-state index in [1.807, 2.05) is 4.90 Å². The Bertz CT molecular complexity index is 730. The molecule has 1 saturated heterocycles. The number of pyridine rings is 1. The van der Waals surface area contributed by atoms with Gasteiger partial charge in [-0.2, -0.15) is 13.2 Å². The van der Waals surface area contributed by atoms with Crippen molar-refractivity contribution in [3.63, 3.8) is 0 Å². The van der Waals surface area contributed by atoms with E-state index in [1.165, 1.54) is 12.3 Å². The molecular weight excluding hydrogens is 295 g/mol. The van der Waals surface area contributed by atoms with Crippen molar-refractivity contribution in [3.8, 4) is 0 Å². The number of amides is 1. The molecular formula is C15H14F3N3O. The number of rotatable bonds is 1. The highest BCUT2D eigenvalue weighted by molar-refractivity contribution is 5.95. The third kappa shape index (κ3) is 2.47. The molecule has 1 N–H and O–H groups in total. The van der Waals surface area contributed by atoms with Crippen molar-refractivity contribution in [1.82, 2.24) is 10.3 Å². The minimum absolute atomic E-state index is 0.114. The van der Waals surface area contributed by atoms with Gasteiger partial charge in [0.15, 0.2) is 0 Å². The molecule has 0 spiro atoms. The van der Waals surface area contributed by atoms with Crippen LogP contribution in [0, 0.1) is 0 Å². The van der Waals surface area contributed by atoms with E-state index in [4.69, 9.17) is 0 Å². The second kappa shape index (κ2) is 5.15. The first-order chi connectivity index (χ1) is 10.4. The first-order valence-electron chi connectivity index (χ1n) is 6.88. The molecule has 1 atom stereocenters. The summed E-state index contributed by atoms with van der Waals surface area (Å²) in [6.45, 7) is 2.81. The molecule has 1 amide bonds. The van der Waals surface area contributed by atoms with Crippen LogP contribution in [0.2, 0.25) is 0 Å². The number of fused-ring (bicyclic) bond motifs is 1. The zero-order valence-corrected chi connectivity index (χ0v) is 11.8. The van der Waals surface area contributed by atoms with Gasteiger partial charge in [-0.3, -0.25) is 4.79 Å². The molecule has 22 heavy (non-hydrogen) atoms. The van der Waals surface area contributed by atoms with Gasteiger partial charge in [-0.25, -0.2) is 4.98 Å². The topological polar surface area (TPSA) is 45.2 Å². The maximum atomic E-state index is 12.8. The van der Waals surface area contributed by atoms with Gasteiger partial charge in [0.25, 0.3) is 0 Å². The Morgan fingerprint density at radius 2 is 2.09 bits per heavy atom. The van der Waals surface area contributed by atoms with Crippen molar-refractivity contribution >= 4 is 22.5 Å². The molecule has 1 unspecified atom stereocenters. The van der Waals surface area contributed by atoms with Crippen LogP contribution in [-0.2, 0) is 11.0 Å². The zero-order valence-electron chi connectivity index (χ0n) is 11.8. The standard InChI is InChI=1S/C15H14F3N3O/c1-9-14(22)20-6-7-21(9)13-12-3-2-11(15(16,17)18)8-10(12)4-5-19-13/h2-5,8-9H,6-7H2,1H3,(H,20,22). The second-order valence-electron chi connectivity index (χ2n) is 5.23. The van der Waals surface area contributed by atoms with Gasteiger partial charge >= 0.3 is 6.18 Å². The number of carbonyl (C=O) groups excluding carboxylic acids is 1. The summed E-state index contributed by atoms with van der Waals surface area (Å²) in [5.74, 6) is 0.422. The number of nitrogens with one attached hydrogen (secondary N) is 1. The molecule has 2 heterocycles. The molecule has 3 rings (SSSR count). The van der Waals surface area contributed by atoms with Gasteiger partial charge in [0.2, 0.25) is 5.91 Å². The summed E-state index contributed by atoms with van der Waals surface area (Å²) < 4.78 is 38.4. The number of anilines is 1. The largest absolute Gasteiger partial charge is 0.416 e. The van der Waals surface area contributed by atoms with E-state index >= 15 is 0 Å². The molecule has 1 aliphatic rings. The fourth-order valence-corrected chi connectivity index (χ4v) is 2.64. The number of carbonyl (C=O) groups is 1. The zero-order chi connectivity index (χ0) is 15.9. The van der Waals surface area contributed by atoms with Gasteiger partial charge in [0, 0.05) is 24.7 Å². The monoisotopic (exact) mass is 309 g/mol. The van der Waals surface area contributed by atoms with Crippen LogP contribution < -0.4 is 10.2 Å². The molecule has 2 aromatic rings. The van der Waals surface area contributed by atoms with Crippen LogP contribution >= 0.6 is 0 Å². The average molecular weight is 309 g/mol. The van der Waals surface area contributed by atoms with Gasteiger partial charge < -0.3 is 10.2 Å². The van der Waals surface area contributed by atoms with Crippen molar-refractivity contribution in [2.75, 3.05) is 18.0 Å². The van der Waals surface area contributed by atoms with Crippen molar-refractivity contribution in [2.24, 2.45) is 0 Å². The van der Waals surface area contributed by atoms with E-state index in [9.17, 15) is 18.0 Å². The Kier molecular flexibility index (Phi) is 3.42. The van der Waals surface area contributed by atoms with E-state index in [0.717, 1.165) is 12.1 Å². The number of hydrogen-bond donors (Lipinski definition) is 1. The Hall–Kier alpha value is -2.31. The molecule has 7 heteroatoms. The molecule has 1 aromatic carbocycles. The molecule has 1 aliphatic heterocycles. The third-order valence-corrected chi connectivity index (χ3v) is 3.84. The Morgan fingerprint density at radius 1 is 1.32 bits per heavy atom. The number of alkyl halides is 3. The lowest BCUT2D eigenvalue weighted by atomic mass is 10.1. The SMILES string of the molecule is CC1C(=O)NCCN1c1nccc2cc(C(F)(F)F)ccc12. The van der Waals surface area contributed by atoms with Gasteiger partial charge in [-0.05, 0) is 30.5 Å². The Labute approximate surface area is 124 Å². The number of halogens is 3. The number of aromatic nitrogens is 1. The minimum atomic E-state index is -4.38. The average Bonchev–Trinajstić information content (AvgIpc) is 2.48. The summed E-state index contributed by atoms with van der Waals surface area (Å²) in [5, 5.41) is 3.82. The molecule has 0 saturated carbocycles. The van der Waals surface area contributed by atoms with Crippen molar-refractivity contribution < 1.29 is 18.0 Å². The van der Waals surface area contributed by atoms with Crippen LogP contribution in [-0.4, -0.2) is 30.0 Å². The molecule has 0 radical (unpaired) electrons. The van der Waals surface area contributed by atoms with Crippen LogP contribution in [0.1, 0.15) is 12.5 Å². The lowest BCUT2D eigenvalue weighted by Gasteiger charge is -2.34. The van der Waals surface area contributed by atoms with Crippen LogP contribution in [0.3, 0.4) is 0 Å². The van der Waals surface area contributed by atoms with Crippen molar-refractivity contribution in [1.29, 1.82) is 0 Å². The van der Waals surface area contributed by atoms with Crippen molar-refractivity contribution in [2.45, 2.75) is 19.1 Å². The van der Waals surface area contributed by atoms with Crippen LogP contribution in [0.5, 0.6) is 0 Å². The molecule has 0 bridgehead atoms. The highest BCUT2D eigenvalue weighted by Crippen LogP contribution is 2.34. The second-order valence-corrected chi connectivity index (χ2v) is 5.23. The fraction of sp³-hybridized carbons (Fsp3) is 0.333. The van der Waals surface area contributed by atoms with Gasteiger partial charge in [0.1, 0.15) is 11.9 Å². The summed E-state index contributed by atoms with van der Waals surface area (Å²) in [7, 11) is 0. The number of nitrogens with zero attached hydrogens (tertiary/aromatic N) is 2. The first-order valence-corrected chi connectivity index (χ1v) is 6.88. The predicted molar refractivity (Wildman–Crippen MR) is 76.6 cm³/mol. The summed E-state index contributed by atoms with van der Waals surface area (Å²) >= 11 is 0. The number of hydrogen-bond acceptors (Lipinski definition) is 3. The molecule has 1 fully saturated rings. The normalized spacial score (nSPS) is 19.4. The smallest absolute Gasteiger partial charge is 0.353 e. The molecule has 0 aliphatic carbocycles. The van der Waals surface area contributed by atoms with Gasteiger partial charge in [-0.1, -0.05) is 6.07 Å². The summed E-state index contributed by atoms with van der Waals surface area (Å²) in [6, 6.07) is 4.70. The van der Waals surface area contributed by atoms with Gasteiger partial charge in [0.05, 0.1) is 5.56 Å². The summed E-state index contributed by atoms with van der Waals surface area (Å²) in [5.41, 5.74) is -0.693. The maximum absolute atomic E-state index is 12.8. The fourth-order valence-electron chi connectivity index (χ4n) is 2.64. The third-order valence-electron chi connectivity index (χ3n) is 3.84. The highest BCUT2D eigenvalue weighted by atomic mass is 19.4. The lowest BCUT2D eigenvalue weighted by Crippen LogP contribution is -2.54. The summed E-state index contributed by atoms with van der Waals surface area (Å²) in [4.78, 5) is 17.9. The van der Waals surface area contributed by atoms with Crippen LogP contribution in [0.15, 0.2) is 30.5 Å². The van der Waals surface area contributed by atoms with E-state index in [0.29, 0.717) is 29.7 Å². The van der Waals surface area contributed by atoms with E-state index in [-0.39, 0.29) is 5.91 Å². The lowest BCUT2D eigenvalue weighted by molar-refractivity contribution is -0.137. The van der Waals surface area contributed by atoms with E-state index in [1.54, 1.807) is 13.0 Å².